The Kier molecular flexibility index (Phi) is 2.74. The van der Waals surface area contributed by atoms with E-state index in [2.05, 4.69) is 15.5 Å². The minimum absolute atomic E-state index is 0.0168. The van der Waals surface area contributed by atoms with Crippen LogP contribution in [0.5, 0.6) is 0 Å². The van der Waals surface area contributed by atoms with E-state index >= 15 is 0 Å². The predicted octanol–water partition coefficient (Wildman–Crippen LogP) is 1.57. The van der Waals surface area contributed by atoms with Crippen molar-refractivity contribution < 1.29 is 4.79 Å². The first-order chi connectivity index (χ1) is 8.74. The first kappa shape index (κ1) is 11.2. The van der Waals surface area contributed by atoms with E-state index in [0.717, 1.165) is 18.0 Å². The number of rotatable bonds is 3. The lowest BCUT2D eigenvalue weighted by atomic mass is 9.85. The van der Waals surface area contributed by atoms with E-state index in [4.69, 9.17) is 0 Å². The summed E-state index contributed by atoms with van der Waals surface area (Å²) in [5, 5.41) is 11.0. The molecule has 0 aromatic carbocycles. The van der Waals surface area contributed by atoms with Gasteiger partial charge in [0.2, 0.25) is 0 Å². The van der Waals surface area contributed by atoms with Crippen molar-refractivity contribution in [3.8, 4) is 0 Å². The Morgan fingerprint density at radius 2 is 2.28 bits per heavy atom. The number of carbonyl (C=O) groups excluding carboxylic acids is 1. The zero-order valence-electron chi connectivity index (χ0n) is 10.4. The lowest BCUT2D eigenvalue weighted by Gasteiger charge is -2.25. The molecule has 1 aliphatic carbocycles. The quantitative estimate of drug-likeness (QED) is 0.891. The molecule has 0 spiro atoms. The molecular weight excluding hydrogens is 228 g/mol. The maximum absolute atomic E-state index is 12.0. The third kappa shape index (κ3) is 1.96. The highest BCUT2D eigenvalue weighted by molar-refractivity contribution is 5.94. The minimum Gasteiger partial charge on any atom is -0.352 e. The molecule has 0 radical (unpaired) electrons. The Labute approximate surface area is 105 Å². The van der Waals surface area contributed by atoms with E-state index in [1.54, 1.807) is 12.3 Å². The van der Waals surface area contributed by atoms with E-state index < -0.39 is 0 Å². The van der Waals surface area contributed by atoms with Crippen molar-refractivity contribution in [2.75, 3.05) is 6.54 Å². The molecule has 1 N–H and O–H groups in total. The summed E-state index contributed by atoms with van der Waals surface area (Å²) in [5.74, 6) is 1.45. The summed E-state index contributed by atoms with van der Waals surface area (Å²) in [4.78, 5) is 12.0. The van der Waals surface area contributed by atoms with Crippen molar-refractivity contribution in [3.63, 3.8) is 0 Å². The topological polar surface area (TPSA) is 59.3 Å². The van der Waals surface area contributed by atoms with Crippen LogP contribution in [0, 0.1) is 12.8 Å². The van der Waals surface area contributed by atoms with Gasteiger partial charge in [-0.25, -0.2) is 0 Å². The number of fused-ring (bicyclic) bond motifs is 1. The number of hydrogen-bond acceptors (Lipinski definition) is 3. The summed E-state index contributed by atoms with van der Waals surface area (Å²) in [6.45, 7) is 2.66. The lowest BCUT2D eigenvalue weighted by molar-refractivity contribution is 0.0938. The highest BCUT2D eigenvalue weighted by Crippen LogP contribution is 2.25. The fourth-order valence-corrected chi connectivity index (χ4v) is 2.18. The summed E-state index contributed by atoms with van der Waals surface area (Å²) in [6, 6.07) is 3.61. The Balaban J connectivity index is 1.75. The van der Waals surface area contributed by atoms with Gasteiger partial charge in [0.25, 0.3) is 5.91 Å². The molecule has 1 saturated carbocycles. The zero-order chi connectivity index (χ0) is 12.5. The monoisotopic (exact) mass is 244 g/mol. The maximum atomic E-state index is 12.0. The molecule has 2 aromatic rings. The molecule has 18 heavy (non-hydrogen) atoms. The Morgan fingerprint density at radius 3 is 3.00 bits per heavy atom. The van der Waals surface area contributed by atoms with Crippen LogP contribution in [0.2, 0.25) is 0 Å². The van der Waals surface area contributed by atoms with Crippen molar-refractivity contribution in [3.05, 3.63) is 29.7 Å². The van der Waals surface area contributed by atoms with Crippen LogP contribution >= 0.6 is 0 Å². The van der Waals surface area contributed by atoms with E-state index in [-0.39, 0.29) is 5.91 Å². The molecule has 0 unspecified atom stereocenters. The molecule has 0 bridgehead atoms. The van der Waals surface area contributed by atoms with Gasteiger partial charge in [0.1, 0.15) is 5.82 Å². The van der Waals surface area contributed by atoms with Gasteiger partial charge in [0.15, 0.2) is 5.65 Å². The van der Waals surface area contributed by atoms with E-state index in [1.807, 2.05) is 17.4 Å². The standard InChI is InChI=1S/C13H16N4O/c1-9-15-16-12-6-5-11(8-17(9)12)13(18)14-7-10-3-2-4-10/h5-6,8,10H,2-4,7H2,1H3,(H,14,18). The number of carbonyl (C=O) groups is 1. The molecule has 5 nitrogen and oxygen atoms in total. The molecule has 0 aliphatic heterocycles. The highest BCUT2D eigenvalue weighted by Gasteiger charge is 2.18. The smallest absolute Gasteiger partial charge is 0.252 e. The Bertz CT molecular complexity index is 586. The van der Waals surface area contributed by atoms with Crippen LogP contribution in [0.3, 0.4) is 0 Å². The Morgan fingerprint density at radius 1 is 1.44 bits per heavy atom. The van der Waals surface area contributed by atoms with E-state index in [0.29, 0.717) is 11.5 Å². The van der Waals surface area contributed by atoms with Gasteiger partial charge in [-0.3, -0.25) is 9.20 Å². The van der Waals surface area contributed by atoms with Gasteiger partial charge in [0, 0.05) is 12.7 Å². The van der Waals surface area contributed by atoms with Crippen molar-refractivity contribution in [1.29, 1.82) is 0 Å². The molecule has 1 amide bonds. The van der Waals surface area contributed by atoms with E-state index in [9.17, 15) is 4.79 Å². The second-order valence-electron chi connectivity index (χ2n) is 4.90. The molecule has 1 fully saturated rings. The summed E-state index contributed by atoms with van der Waals surface area (Å²) in [7, 11) is 0. The third-order valence-corrected chi connectivity index (χ3v) is 3.61. The predicted molar refractivity (Wildman–Crippen MR) is 67.4 cm³/mol. The molecule has 2 heterocycles. The summed E-state index contributed by atoms with van der Waals surface area (Å²) < 4.78 is 1.83. The maximum Gasteiger partial charge on any atom is 0.252 e. The van der Waals surface area contributed by atoms with Crippen LogP contribution in [-0.4, -0.2) is 27.0 Å². The van der Waals surface area contributed by atoms with Crippen LogP contribution < -0.4 is 5.32 Å². The lowest BCUT2D eigenvalue weighted by Crippen LogP contribution is -2.32. The van der Waals surface area contributed by atoms with Crippen LogP contribution in [0.1, 0.15) is 35.4 Å². The second-order valence-corrected chi connectivity index (χ2v) is 4.90. The summed E-state index contributed by atoms with van der Waals surface area (Å²) in [6.07, 6.45) is 5.57. The first-order valence-electron chi connectivity index (χ1n) is 6.33. The summed E-state index contributed by atoms with van der Waals surface area (Å²) >= 11 is 0. The zero-order valence-corrected chi connectivity index (χ0v) is 10.4. The summed E-state index contributed by atoms with van der Waals surface area (Å²) in [5.41, 5.74) is 1.42. The molecule has 3 rings (SSSR count). The first-order valence-corrected chi connectivity index (χ1v) is 6.33. The molecule has 0 saturated heterocycles. The van der Waals surface area contributed by atoms with Gasteiger partial charge in [-0.05, 0) is 37.8 Å². The van der Waals surface area contributed by atoms with Crippen molar-refractivity contribution in [1.82, 2.24) is 19.9 Å². The molecule has 94 valence electrons. The largest absolute Gasteiger partial charge is 0.352 e. The second kappa shape index (κ2) is 4.40. The number of amides is 1. The van der Waals surface area contributed by atoms with E-state index in [1.165, 1.54) is 19.3 Å². The number of nitrogens with zero attached hydrogens (tertiary/aromatic N) is 3. The molecule has 2 aromatic heterocycles. The van der Waals surface area contributed by atoms with Crippen molar-refractivity contribution in [2.24, 2.45) is 5.92 Å². The fraction of sp³-hybridized carbons (Fsp3) is 0.462. The molecule has 1 aliphatic rings. The van der Waals surface area contributed by atoms with Gasteiger partial charge in [0.05, 0.1) is 5.56 Å². The van der Waals surface area contributed by atoms with Crippen LogP contribution in [0.25, 0.3) is 5.65 Å². The van der Waals surface area contributed by atoms with Crippen molar-refractivity contribution >= 4 is 11.6 Å². The number of aromatic nitrogens is 3. The third-order valence-electron chi connectivity index (χ3n) is 3.61. The van der Waals surface area contributed by atoms with Gasteiger partial charge in [-0.2, -0.15) is 0 Å². The van der Waals surface area contributed by atoms with Gasteiger partial charge in [-0.15, -0.1) is 10.2 Å². The van der Waals surface area contributed by atoms with Gasteiger partial charge in [-0.1, -0.05) is 6.42 Å². The number of nitrogens with one attached hydrogen (secondary N) is 1. The van der Waals surface area contributed by atoms with Crippen molar-refractivity contribution in [2.45, 2.75) is 26.2 Å². The molecule has 5 heteroatoms. The number of aryl methyl sites for hydroxylation is 1. The van der Waals surface area contributed by atoms with Gasteiger partial charge >= 0.3 is 0 Å². The minimum atomic E-state index is -0.0168. The normalized spacial score (nSPS) is 15.6. The Hall–Kier alpha value is -1.91. The highest BCUT2D eigenvalue weighted by atomic mass is 16.1. The number of hydrogen-bond donors (Lipinski definition) is 1. The SMILES string of the molecule is Cc1nnc2ccc(C(=O)NCC3CCC3)cn12. The molecule has 0 atom stereocenters. The van der Waals surface area contributed by atoms with Gasteiger partial charge < -0.3 is 5.32 Å². The van der Waals surface area contributed by atoms with Crippen LogP contribution in [0.15, 0.2) is 18.3 Å². The average molecular weight is 244 g/mol. The van der Waals surface area contributed by atoms with Crippen LogP contribution in [0.4, 0.5) is 0 Å². The number of pyridine rings is 1. The average Bonchev–Trinajstić information content (AvgIpc) is 2.68. The molecular formula is C13H16N4O. The fourth-order valence-electron chi connectivity index (χ4n) is 2.18. The van der Waals surface area contributed by atoms with Crippen LogP contribution in [-0.2, 0) is 0 Å².